The van der Waals surface area contributed by atoms with E-state index in [1.54, 1.807) is 13.3 Å². The number of unbranched alkanes of at least 4 members (excludes halogenated alkanes) is 7. The van der Waals surface area contributed by atoms with E-state index in [9.17, 15) is 0 Å². The Morgan fingerprint density at radius 1 is 0.640 bits per heavy atom. The molecule has 1 unspecified atom stereocenters. The molecule has 0 aromatic heterocycles. The Kier molecular flexibility index (Phi) is 18.2. The first-order chi connectivity index (χ1) is 12.2. The van der Waals surface area contributed by atoms with Gasteiger partial charge in [0.1, 0.15) is 0 Å². The molecule has 1 nitrogen and oxygen atoms in total. The zero-order chi connectivity index (χ0) is 18.8. The van der Waals surface area contributed by atoms with Crippen LogP contribution in [0.5, 0.6) is 0 Å². The van der Waals surface area contributed by atoms with E-state index in [1.165, 1.54) is 77.0 Å². The average Bonchev–Trinajstić information content (AvgIpc) is 2.64. The quantitative estimate of drug-likeness (QED) is 0.111. The van der Waals surface area contributed by atoms with Crippen LogP contribution in [0.25, 0.3) is 0 Å². The molecule has 150 valence electrons. The summed E-state index contributed by atoms with van der Waals surface area (Å²) < 4.78 is 5.79. The van der Waals surface area contributed by atoms with E-state index >= 15 is 0 Å². The van der Waals surface area contributed by atoms with Crippen molar-refractivity contribution in [3.05, 3.63) is 0 Å². The van der Waals surface area contributed by atoms with E-state index in [4.69, 9.17) is 4.99 Å². The van der Waals surface area contributed by atoms with Gasteiger partial charge in [0, 0.05) is 0 Å². The summed E-state index contributed by atoms with van der Waals surface area (Å²) >= 11 is -2.15. The van der Waals surface area contributed by atoms with Crippen LogP contribution in [-0.4, -0.2) is 31.1 Å². The van der Waals surface area contributed by atoms with Crippen LogP contribution >= 0.6 is 0 Å². The van der Waals surface area contributed by atoms with Crippen molar-refractivity contribution in [3.63, 3.8) is 0 Å². The van der Waals surface area contributed by atoms with Crippen molar-refractivity contribution in [2.45, 2.75) is 129 Å². The Morgan fingerprint density at radius 2 is 1.12 bits per heavy atom. The van der Waals surface area contributed by atoms with Gasteiger partial charge in [-0.1, -0.05) is 0 Å². The first kappa shape index (κ1) is 25.5. The third-order valence-corrected chi connectivity index (χ3v) is 23.3. The van der Waals surface area contributed by atoms with Gasteiger partial charge in [-0.2, -0.15) is 0 Å². The van der Waals surface area contributed by atoms with Crippen molar-refractivity contribution < 1.29 is 0 Å². The summed E-state index contributed by atoms with van der Waals surface area (Å²) in [6.07, 6.45) is 19.6. The third kappa shape index (κ3) is 11.7. The summed E-state index contributed by atoms with van der Waals surface area (Å²) in [6, 6.07) is 0. The molecule has 0 heterocycles. The van der Waals surface area contributed by atoms with Crippen LogP contribution in [0.2, 0.25) is 17.2 Å². The van der Waals surface area contributed by atoms with Gasteiger partial charge in [0.05, 0.1) is 0 Å². The maximum atomic E-state index is 4.80. The number of hydrogen-bond acceptors (Lipinski definition) is 1. The Labute approximate surface area is 164 Å². The summed E-state index contributed by atoms with van der Waals surface area (Å²) in [7, 11) is 0. The number of aliphatic imine (C=N–C) groups is 1. The molecule has 25 heavy (non-hydrogen) atoms. The van der Waals surface area contributed by atoms with Gasteiger partial charge in [0.2, 0.25) is 0 Å². The molecule has 0 aromatic rings. The zero-order valence-electron chi connectivity index (χ0n) is 18.4. The average molecular weight is 458 g/mol. The molecule has 0 aliphatic rings. The molecule has 0 radical (unpaired) electrons. The molecule has 0 spiro atoms. The molecule has 1 atom stereocenters. The second kappa shape index (κ2) is 17.9. The van der Waals surface area contributed by atoms with Crippen molar-refractivity contribution in [1.82, 2.24) is 0 Å². The van der Waals surface area contributed by atoms with Crippen molar-refractivity contribution in [1.29, 1.82) is 0 Å². The van der Waals surface area contributed by atoms with Crippen LogP contribution in [-0.2, 0) is 0 Å². The van der Waals surface area contributed by atoms with Crippen LogP contribution in [0.3, 0.4) is 0 Å². The number of hydrogen-bond donors (Lipinski definition) is 0. The van der Waals surface area contributed by atoms with E-state index in [0.717, 1.165) is 10.5 Å². The number of rotatable bonds is 18. The molecular weight excluding hydrogens is 409 g/mol. The SMILES string of the molecule is CCCCCCC[CH](C=NCC)[Sn]([CH2]CCC)([CH2]CCC)[CH2]CCC. The molecule has 2 heteroatoms. The molecule has 0 amide bonds. The molecule has 0 N–H and O–H groups in total. The van der Waals surface area contributed by atoms with Gasteiger partial charge >= 0.3 is 165 Å². The van der Waals surface area contributed by atoms with Crippen LogP contribution < -0.4 is 0 Å². The molecule has 0 saturated heterocycles. The van der Waals surface area contributed by atoms with Gasteiger partial charge in [-0.05, 0) is 0 Å². The molecule has 0 aliphatic carbocycles. The summed E-state index contributed by atoms with van der Waals surface area (Å²) in [5.41, 5.74) is 0. The fourth-order valence-corrected chi connectivity index (χ4v) is 22.2. The Bertz CT molecular complexity index is 279. The van der Waals surface area contributed by atoms with Crippen molar-refractivity contribution in [2.75, 3.05) is 6.54 Å². The van der Waals surface area contributed by atoms with E-state index in [2.05, 4.69) is 40.8 Å². The second-order valence-electron chi connectivity index (χ2n) is 8.13. The topological polar surface area (TPSA) is 12.4 Å². The Balaban J connectivity index is 5.16. The molecule has 0 fully saturated rings. The summed E-state index contributed by atoms with van der Waals surface area (Å²) in [4.78, 5) is 4.80. The summed E-state index contributed by atoms with van der Waals surface area (Å²) in [6.45, 7) is 12.7. The standard InChI is InChI=1S/C11H22N.3C4H9.Sn/c1-3-5-6-7-8-9-10-11-12-4-2;3*1-3-4-2;/h10-11H,3-9H2,1-2H3;3*1,3-4H2,2H3;. The van der Waals surface area contributed by atoms with Crippen molar-refractivity contribution in [2.24, 2.45) is 4.99 Å². The first-order valence-electron chi connectivity index (χ1n) is 11.7. The molecular formula is C23H49NSn. The normalized spacial score (nSPS) is 13.6. The van der Waals surface area contributed by atoms with Crippen molar-refractivity contribution in [3.8, 4) is 0 Å². The van der Waals surface area contributed by atoms with Gasteiger partial charge < -0.3 is 0 Å². The molecule has 0 aromatic carbocycles. The Morgan fingerprint density at radius 3 is 1.56 bits per heavy atom. The van der Waals surface area contributed by atoms with Gasteiger partial charge in [-0.25, -0.2) is 0 Å². The predicted octanol–water partition coefficient (Wildman–Crippen LogP) is 8.66. The van der Waals surface area contributed by atoms with Crippen LogP contribution in [0.1, 0.15) is 112 Å². The number of nitrogens with zero attached hydrogens (tertiary/aromatic N) is 1. The van der Waals surface area contributed by atoms with Gasteiger partial charge in [-0.15, -0.1) is 0 Å². The Hall–Kier alpha value is 0.469. The van der Waals surface area contributed by atoms with Crippen LogP contribution in [0.4, 0.5) is 0 Å². The van der Waals surface area contributed by atoms with Crippen molar-refractivity contribution >= 4 is 24.6 Å². The van der Waals surface area contributed by atoms with Gasteiger partial charge in [0.25, 0.3) is 0 Å². The summed E-state index contributed by atoms with van der Waals surface area (Å²) in [5, 5.41) is 0. The monoisotopic (exact) mass is 459 g/mol. The molecule has 0 aliphatic heterocycles. The first-order valence-corrected chi connectivity index (χ1v) is 19.4. The van der Waals surface area contributed by atoms with Gasteiger partial charge in [0.15, 0.2) is 0 Å². The minimum atomic E-state index is -2.15. The van der Waals surface area contributed by atoms with E-state index < -0.39 is 18.4 Å². The third-order valence-electron chi connectivity index (χ3n) is 5.96. The molecule has 0 bridgehead atoms. The van der Waals surface area contributed by atoms with E-state index in [1.807, 2.05) is 0 Å². The summed E-state index contributed by atoms with van der Waals surface area (Å²) in [5.74, 6) is 0. The van der Waals surface area contributed by atoms with E-state index in [0.29, 0.717) is 0 Å². The fourth-order valence-electron chi connectivity index (χ4n) is 4.26. The molecule has 0 saturated carbocycles. The maximum absolute atomic E-state index is 4.80. The van der Waals surface area contributed by atoms with Crippen LogP contribution in [0.15, 0.2) is 4.99 Å². The predicted molar refractivity (Wildman–Crippen MR) is 121 cm³/mol. The molecule has 0 rings (SSSR count). The van der Waals surface area contributed by atoms with Gasteiger partial charge in [-0.3, -0.25) is 0 Å². The fraction of sp³-hybridized carbons (Fsp3) is 0.957. The second-order valence-corrected chi connectivity index (χ2v) is 22.3. The van der Waals surface area contributed by atoms with Crippen LogP contribution in [0, 0.1) is 0 Å². The zero-order valence-corrected chi connectivity index (χ0v) is 21.3. The van der Waals surface area contributed by atoms with E-state index in [-0.39, 0.29) is 0 Å². The minimum absolute atomic E-state index is 0.917.